The summed E-state index contributed by atoms with van der Waals surface area (Å²) in [5, 5.41) is 13.4. The van der Waals surface area contributed by atoms with Gasteiger partial charge in [-0.2, -0.15) is 0 Å². The van der Waals surface area contributed by atoms with E-state index >= 15 is 0 Å². The zero-order chi connectivity index (χ0) is 20.0. The van der Waals surface area contributed by atoms with Gasteiger partial charge in [-0.1, -0.05) is 0 Å². The van der Waals surface area contributed by atoms with Gasteiger partial charge in [-0.25, -0.2) is 9.59 Å². The van der Waals surface area contributed by atoms with Gasteiger partial charge in [-0.3, -0.25) is 10.1 Å². The Morgan fingerprint density at radius 2 is 1.85 bits per heavy atom. The predicted molar refractivity (Wildman–Crippen MR) is 95.6 cm³/mol. The Kier molecular flexibility index (Phi) is 6.59. The second-order valence-corrected chi connectivity index (χ2v) is 7.42. The highest BCUT2D eigenvalue weighted by Gasteiger charge is 2.31. The molecule has 0 saturated heterocycles. The molecule has 1 amide bonds. The van der Waals surface area contributed by atoms with Crippen LogP contribution < -0.4 is 10.1 Å². The number of ether oxygens (including phenoxy) is 3. The van der Waals surface area contributed by atoms with Crippen molar-refractivity contribution >= 4 is 17.9 Å². The van der Waals surface area contributed by atoms with Gasteiger partial charge in [0.1, 0.15) is 11.4 Å². The van der Waals surface area contributed by atoms with Crippen molar-refractivity contribution in [2.75, 3.05) is 6.61 Å². The summed E-state index contributed by atoms with van der Waals surface area (Å²) in [6.07, 6.45) is 1.00. The molecule has 0 radical (unpaired) electrons. The Hall–Kier alpha value is -2.84. The van der Waals surface area contributed by atoms with Gasteiger partial charge in [0.2, 0.25) is 0 Å². The van der Waals surface area contributed by atoms with E-state index < -0.39 is 22.8 Å². The zero-order valence-corrected chi connectivity index (χ0v) is 15.6. The zero-order valence-electron chi connectivity index (χ0n) is 15.6. The van der Waals surface area contributed by atoms with Crippen molar-refractivity contribution in [1.29, 1.82) is 0 Å². The van der Waals surface area contributed by atoms with Gasteiger partial charge in [0.05, 0.1) is 11.5 Å². The summed E-state index contributed by atoms with van der Waals surface area (Å²) in [5.41, 5.74) is -0.610. The molecule has 1 aromatic carbocycles. The lowest BCUT2D eigenvalue weighted by molar-refractivity contribution is -0.384. The molecule has 148 valence electrons. The van der Waals surface area contributed by atoms with Gasteiger partial charge < -0.3 is 19.5 Å². The van der Waals surface area contributed by atoms with Crippen LogP contribution in [0.4, 0.5) is 15.3 Å². The number of amides is 1. The van der Waals surface area contributed by atoms with Gasteiger partial charge in [0, 0.05) is 18.2 Å². The van der Waals surface area contributed by atoms with Crippen LogP contribution in [-0.4, -0.2) is 35.4 Å². The van der Waals surface area contributed by atoms with Crippen molar-refractivity contribution in [3.8, 4) is 5.75 Å². The van der Waals surface area contributed by atoms with Crippen molar-refractivity contribution in [2.24, 2.45) is 5.92 Å². The minimum absolute atomic E-state index is 0.0805. The van der Waals surface area contributed by atoms with Crippen molar-refractivity contribution < 1.29 is 28.7 Å². The molecule has 1 aliphatic carbocycles. The van der Waals surface area contributed by atoms with Crippen molar-refractivity contribution in [1.82, 2.24) is 5.32 Å². The van der Waals surface area contributed by atoms with Gasteiger partial charge in [0.15, 0.2) is 0 Å². The molecule has 1 N–H and O–H groups in total. The normalized spacial score (nSPS) is 18.8. The molecule has 9 heteroatoms. The van der Waals surface area contributed by atoms with Crippen LogP contribution >= 0.6 is 0 Å². The molecule has 1 saturated carbocycles. The summed E-state index contributed by atoms with van der Waals surface area (Å²) in [5.74, 6) is 0.535. The Balaban J connectivity index is 1.59. The third-order valence-corrected chi connectivity index (χ3v) is 3.95. The number of hydrogen-bond acceptors (Lipinski definition) is 7. The fourth-order valence-electron chi connectivity index (χ4n) is 2.63. The van der Waals surface area contributed by atoms with Gasteiger partial charge >= 0.3 is 12.2 Å². The number of nitrogens with one attached hydrogen (secondary N) is 1. The first-order valence-corrected chi connectivity index (χ1v) is 8.71. The molecule has 9 nitrogen and oxygen atoms in total. The van der Waals surface area contributed by atoms with Crippen LogP contribution in [0.3, 0.4) is 0 Å². The molecule has 0 bridgehead atoms. The summed E-state index contributed by atoms with van der Waals surface area (Å²) in [6.45, 7) is 5.63. The first-order chi connectivity index (χ1) is 12.6. The highest BCUT2D eigenvalue weighted by atomic mass is 16.7. The summed E-state index contributed by atoms with van der Waals surface area (Å²) in [6, 6.07) is 5.23. The van der Waals surface area contributed by atoms with E-state index in [0.717, 1.165) is 12.8 Å². The molecule has 0 atom stereocenters. The lowest BCUT2D eigenvalue weighted by Crippen LogP contribution is -2.46. The highest BCUT2D eigenvalue weighted by Crippen LogP contribution is 2.30. The molecule has 27 heavy (non-hydrogen) atoms. The van der Waals surface area contributed by atoms with E-state index in [-0.39, 0.29) is 24.1 Å². The smallest absolute Gasteiger partial charge is 0.444 e. The van der Waals surface area contributed by atoms with Gasteiger partial charge in [0.25, 0.3) is 5.69 Å². The Morgan fingerprint density at radius 3 is 2.41 bits per heavy atom. The van der Waals surface area contributed by atoms with Gasteiger partial charge in [-0.15, -0.1) is 0 Å². The van der Waals surface area contributed by atoms with Crippen LogP contribution in [-0.2, 0) is 9.47 Å². The standard InChI is InChI=1S/C18H24N2O7/c1-18(2,3)27-16(21)19-13-10-12(11-13)8-9-25-17(22)26-15-6-4-14(5-7-15)20(23)24/h4-7,12-13H,8-11H2,1-3H3,(H,19,21). The quantitative estimate of drug-likeness (QED) is 0.345. The molecule has 2 rings (SSSR count). The number of nitro benzene ring substituents is 1. The first-order valence-electron chi connectivity index (χ1n) is 8.71. The van der Waals surface area contributed by atoms with E-state index in [1.165, 1.54) is 24.3 Å². The van der Waals surface area contributed by atoms with Crippen molar-refractivity contribution in [3.05, 3.63) is 34.4 Å². The van der Waals surface area contributed by atoms with Crippen LogP contribution in [0.1, 0.15) is 40.0 Å². The molecular weight excluding hydrogens is 356 g/mol. The molecule has 1 fully saturated rings. The minimum atomic E-state index is -0.855. The van der Waals surface area contributed by atoms with E-state index in [0.29, 0.717) is 12.3 Å². The molecule has 0 heterocycles. The molecule has 0 unspecified atom stereocenters. The second-order valence-electron chi connectivity index (χ2n) is 7.42. The number of carbonyl (C=O) groups is 2. The van der Waals surface area contributed by atoms with Gasteiger partial charge in [-0.05, 0) is 58.1 Å². The predicted octanol–water partition coefficient (Wildman–Crippen LogP) is 3.80. The van der Waals surface area contributed by atoms with E-state index in [1.54, 1.807) is 0 Å². The molecule has 0 spiro atoms. The topological polar surface area (TPSA) is 117 Å². The fraction of sp³-hybridized carbons (Fsp3) is 0.556. The summed E-state index contributed by atoms with van der Waals surface area (Å²) < 4.78 is 15.1. The summed E-state index contributed by atoms with van der Waals surface area (Å²) >= 11 is 0. The molecule has 0 aliphatic heterocycles. The van der Waals surface area contributed by atoms with Crippen molar-refractivity contribution in [2.45, 2.75) is 51.7 Å². The maximum absolute atomic E-state index is 11.6. The maximum Gasteiger partial charge on any atom is 0.513 e. The fourth-order valence-corrected chi connectivity index (χ4v) is 2.63. The summed E-state index contributed by atoms with van der Waals surface area (Å²) in [7, 11) is 0. The lowest BCUT2D eigenvalue weighted by Gasteiger charge is -2.36. The number of benzene rings is 1. The number of alkyl carbamates (subject to hydrolysis) is 1. The average Bonchev–Trinajstić information content (AvgIpc) is 2.51. The Labute approximate surface area is 157 Å². The molecule has 1 aromatic rings. The Bertz CT molecular complexity index is 676. The van der Waals surface area contributed by atoms with Crippen LogP contribution in [0.15, 0.2) is 24.3 Å². The molecular formula is C18H24N2O7. The average molecular weight is 380 g/mol. The number of nitrogens with zero attached hydrogens (tertiary/aromatic N) is 1. The number of non-ortho nitro benzene ring substituents is 1. The monoisotopic (exact) mass is 380 g/mol. The molecule has 0 aromatic heterocycles. The molecule has 1 aliphatic rings. The lowest BCUT2D eigenvalue weighted by atomic mass is 9.78. The second kappa shape index (κ2) is 8.70. The van der Waals surface area contributed by atoms with Crippen molar-refractivity contribution in [3.63, 3.8) is 0 Å². The number of carbonyl (C=O) groups excluding carboxylic acids is 2. The highest BCUT2D eigenvalue weighted by molar-refractivity contribution is 5.68. The Morgan fingerprint density at radius 1 is 1.22 bits per heavy atom. The van der Waals surface area contributed by atoms with E-state index in [2.05, 4.69) is 5.32 Å². The van der Waals surface area contributed by atoms with Crippen LogP contribution in [0.25, 0.3) is 0 Å². The third kappa shape index (κ3) is 7.12. The first kappa shape index (κ1) is 20.5. The van der Waals surface area contributed by atoms with Crippen LogP contribution in [0, 0.1) is 16.0 Å². The number of rotatable bonds is 6. The number of hydrogen-bond donors (Lipinski definition) is 1. The summed E-state index contributed by atoms with van der Waals surface area (Å²) in [4.78, 5) is 33.3. The van der Waals surface area contributed by atoms with E-state index in [1.807, 2.05) is 20.8 Å². The van der Waals surface area contributed by atoms with Crippen LogP contribution in [0.5, 0.6) is 5.75 Å². The van der Waals surface area contributed by atoms with E-state index in [4.69, 9.17) is 14.2 Å². The van der Waals surface area contributed by atoms with Crippen LogP contribution in [0.2, 0.25) is 0 Å². The number of nitro groups is 1. The maximum atomic E-state index is 11.6. The minimum Gasteiger partial charge on any atom is -0.444 e. The third-order valence-electron chi connectivity index (χ3n) is 3.95. The largest absolute Gasteiger partial charge is 0.513 e. The van der Waals surface area contributed by atoms with E-state index in [9.17, 15) is 19.7 Å². The SMILES string of the molecule is CC(C)(C)OC(=O)NC1CC(CCOC(=O)Oc2ccc([N+](=O)[O-])cc2)C1.